The maximum atomic E-state index is 11.8. The van der Waals surface area contributed by atoms with Crippen LogP contribution in [-0.4, -0.2) is 5.91 Å². The summed E-state index contributed by atoms with van der Waals surface area (Å²) in [5, 5.41) is 3.49. The van der Waals surface area contributed by atoms with Crippen LogP contribution in [0.25, 0.3) is 17.4 Å². The number of benzene rings is 2. The summed E-state index contributed by atoms with van der Waals surface area (Å²) >= 11 is 5.88. The Balaban J connectivity index is 1.56. The Morgan fingerprint density at radius 2 is 1.75 bits per heavy atom. The molecule has 0 aliphatic carbocycles. The second-order valence-corrected chi connectivity index (χ2v) is 5.67. The summed E-state index contributed by atoms with van der Waals surface area (Å²) in [6.45, 7) is 0.339. The van der Waals surface area contributed by atoms with E-state index in [0.29, 0.717) is 17.3 Å². The van der Waals surface area contributed by atoms with Gasteiger partial charge in [-0.05, 0) is 48.0 Å². The zero-order chi connectivity index (χ0) is 16.8. The molecule has 1 N–H and O–H groups in total. The van der Waals surface area contributed by atoms with Crippen LogP contribution in [0.15, 0.2) is 77.2 Å². The number of carbonyl (C=O) groups is 1. The minimum absolute atomic E-state index is 0.164. The van der Waals surface area contributed by atoms with Gasteiger partial charge in [-0.2, -0.15) is 0 Å². The van der Waals surface area contributed by atoms with Gasteiger partial charge in [0.1, 0.15) is 11.5 Å². The van der Waals surface area contributed by atoms with Crippen LogP contribution in [0.2, 0.25) is 5.02 Å². The second-order valence-electron chi connectivity index (χ2n) is 5.23. The van der Waals surface area contributed by atoms with E-state index < -0.39 is 0 Å². The van der Waals surface area contributed by atoms with E-state index in [2.05, 4.69) is 5.32 Å². The van der Waals surface area contributed by atoms with Gasteiger partial charge in [0.15, 0.2) is 0 Å². The SMILES string of the molecule is O=C(/C=C/c1ccccc1)NCc1ccc(-c2ccc(Cl)cc2)o1. The van der Waals surface area contributed by atoms with Crippen LogP contribution in [-0.2, 0) is 11.3 Å². The molecule has 0 saturated carbocycles. The highest BCUT2D eigenvalue weighted by Crippen LogP contribution is 2.23. The van der Waals surface area contributed by atoms with Crippen LogP contribution in [0.4, 0.5) is 0 Å². The molecule has 2 aromatic carbocycles. The van der Waals surface area contributed by atoms with E-state index in [-0.39, 0.29) is 5.91 Å². The highest BCUT2D eigenvalue weighted by atomic mass is 35.5. The average molecular weight is 338 g/mol. The van der Waals surface area contributed by atoms with Crippen molar-refractivity contribution in [3.05, 3.63) is 89.2 Å². The summed E-state index contributed by atoms with van der Waals surface area (Å²) in [6, 6.07) is 20.8. The van der Waals surface area contributed by atoms with Gasteiger partial charge in [0.05, 0.1) is 6.54 Å². The first-order valence-corrected chi connectivity index (χ1v) is 7.94. The molecule has 1 heterocycles. The fourth-order valence-corrected chi connectivity index (χ4v) is 2.34. The third-order valence-electron chi connectivity index (χ3n) is 3.45. The molecule has 0 spiro atoms. The van der Waals surface area contributed by atoms with Crippen LogP contribution in [0, 0.1) is 0 Å². The second kappa shape index (κ2) is 7.66. The highest BCUT2D eigenvalue weighted by molar-refractivity contribution is 6.30. The van der Waals surface area contributed by atoms with Crippen LogP contribution in [0.1, 0.15) is 11.3 Å². The molecular formula is C20H16ClNO2. The van der Waals surface area contributed by atoms with E-state index >= 15 is 0 Å². The molecule has 1 aromatic heterocycles. The van der Waals surface area contributed by atoms with Gasteiger partial charge in [-0.3, -0.25) is 4.79 Å². The molecule has 0 radical (unpaired) electrons. The van der Waals surface area contributed by atoms with Crippen molar-refractivity contribution in [3.8, 4) is 11.3 Å². The van der Waals surface area contributed by atoms with Crippen molar-refractivity contribution in [3.63, 3.8) is 0 Å². The molecule has 3 aromatic rings. The largest absolute Gasteiger partial charge is 0.459 e. The molecule has 0 saturated heterocycles. The molecule has 0 atom stereocenters. The number of nitrogens with one attached hydrogen (secondary N) is 1. The molecule has 0 aliphatic rings. The van der Waals surface area contributed by atoms with Crippen molar-refractivity contribution in [2.45, 2.75) is 6.54 Å². The van der Waals surface area contributed by atoms with E-state index in [9.17, 15) is 4.79 Å². The molecule has 0 bridgehead atoms. The van der Waals surface area contributed by atoms with Crippen molar-refractivity contribution < 1.29 is 9.21 Å². The number of carbonyl (C=O) groups excluding carboxylic acids is 1. The Hall–Kier alpha value is -2.78. The Labute approximate surface area is 145 Å². The van der Waals surface area contributed by atoms with Crippen LogP contribution >= 0.6 is 11.6 Å². The highest BCUT2D eigenvalue weighted by Gasteiger charge is 2.05. The van der Waals surface area contributed by atoms with Crippen LogP contribution in [0.3, 0.4) is 0 Å². The Kier molecular flexibility index (Phi) is 5.14. The molecule has 0 unspecified atom stereocenters. The van der Waals surface area contributed by atoms with Gasteiger partial charge in [0.2, 0.25) is 5.91 Å². The lowest BCUT2D eigenvalue weighted by Crippen LogP contribution is -2.19. The Bertz CT molecular complexity index is 836. The summed E-state index contributed by atoms with van der Waals surface area (Å²) in [7, 11) is 0. The molecule has 24 heavy (non-hydrogen) atoms. The third-order valence-corrected chi connectivity index (χ3v) is 3.71. The zero-order valence-electron chi connectivity index (χ0n) is 12.9. The number of halogens is 1. The van der Waals surface area contributed by atoms with E-state index in [1.165, 1.54) is 6.08 Å². The van der Waals surface area contributed by atoms with Crippen molar-refractivity contribution in [2.24, 2.45) is 0 Å². The number of furan rings is 1. The Morgan fingerprint density at radius 3 is 2.50 bits per heavy atom. The van der Waals surface area contributed by atoms with E-state index in [0.717, 1.165) is 16.9 Å². The summed E-state index contributed by atoms with van der Waals surface area (Å²) < 4.78 is 5.74. The van der Waals surface area contributed by atoms with Crippen LogP contribution < -0.4 is 5.32 Å². The summed E-state index contributed by atoms with van der Waals surface area (Å²) in [4.78, 5) is 11.8. The molecule has 1 amide bonds. The summed E-state index contributed by atoms with van der Waals surface area (Å²) in [5.41, 5.74) is 1.93. The van der Waals surface area contributed by atoms with E-state index in [1.54, 1.807) is 6.08 Å². The average Bonchev–Trinajstić information content (AvgIpc) is 3.09. The van der Waals surface area contributed by atoms with Crippen molar-refractivity contribution in [1.82, 2.24) is 5.32 Å². The predicted molar refractivity (Wildman–Crippen MR) is 96.5 cm³/mol. The molecule has 4 heteroatoms. The summed E-state index contributed by atoms with van der Waals surface area (Å²) in [6.07, 6.45) is 3.29. The minimum atomic E-state index is -0.164. The number of hydrogen-bond acceptors (Lipinski definition) is 2. The zero-order valence-corrected chi connectivity index (χ0v) is 13.7. The molecule has 0 fully saturated rings. The molecule has 120 valence electrons. The molecule has 0 aliphatic heterocycles. The van der Waals surface area contributed by atoms with Crippen LogP contribution in [0.5, 0.6) is 0 Å². The minimum Gasteiger partial charge on any atom is -0.459 e. The maximum Gasteiger partial charge on any atom is 0.244 e. The lowest BCUT2D eigenvalue weighted by molar-refractivity contribution is -0.116. The van der Waals surface area contributed by atoms with Crippen molar-refractivity contribution >= 4 is 23.6 Å². The first kappa shape index (κ1) is 16.1. The lowest BCUT2D eigenvalue weighted by atomic mass is 10.2. The molecular weight excluding hydrogens is 322 g/mol. The third kappa shape index (κ3) is 4.37. The quantitative estimate of drug-likeness (QED) is 0.671. The van der Waals surface area contributed by atoms with Gasteiger partial charge in [-0.25, -0.2) is 0 Å². The number of amides is 1. The van der Waals surface area contributed by atoms with Gasteiger partial charge in [0, 0.05) is 16.7 Å². The smallest absolute Gasteiger partial charge is 0.244 e. The van der Waals surface area contributed by atoms with Crippen molar-refractivity contribution in [1.29, 1.82) is 0 Å². The first-order valence-electron chi connectivity index (χ1n) is 7.56. The fraction of sp³-hybridized carbons (Fsp3) is 0.0500. The van der Waals surface area contributed by atoms with E-state index in [1.807, 2.05) is 66.7 Å². The molecule has 3 rings (SSSR count). The normalized spacial score (nSPS) is 10.9. The van der Waals surface area contributed by atoms with Gasteiger partial charge < -0.3 is 9.73 Å². The molecule has 3 nitrogen and oxygen atoms in total. The van der Waals surface area contributed by atoms with E-state index in [4.69, 9.17) is 16.0 Å². The van der Waals surface area contributed by atoms with Gasteiger partial charge in [0.25, 0.3) is 0 Å². The summed E-state index contributed by atoms with van der Waals surface area (Å²) in [5.74, 6) is 1.28. The fourth-order valence-electron chi connectivity index (χ4n) is 2.21. The standard InChI is InChI=1S/C20H16ClNO2/c21-17-9-7-16(8-10-17)19-12-11-18(24-19)14-22-20(23)13-6-15-4-2-1-3-5-15/h1-13H,14H2,(H,22,23)/b13-6+. The number of hydrogen-bond donors (Lipinski definition) is 1. The van der Waals surface area contributed by atoms with Gasteiger partial charge in [-0.1, -0.05) is 41.9 Å². The topological polar surface area (TPSA) is 42.2 Å². The first-order chi connectivity index (χ1) is 11.7. The number of rotatable bonds is 5. The maximum absolute atomic E-state index is 11.8. The van der Waals surface area contributed by atoms with Gasteiger partial charge in [-0.15, -0.1) is 0 Å². The van der Waals surface area contributed by atoms with Gasteiger partial charge >= 0.3 is 0 Å². The lowest BCUT2D eigenvalue weighted by Gasteiger charge is -2.00. The Morgan fingerprint density at radius 1 is 1.00 bits per heavy atom. The van der Waals surface area contributed by atoms with Crippen molar-refractivity contribution in [2.75, 3.05) is 0 Å². The monoisotopic (exact) mass is 337 g/mol. The predicted octanol–water partition coefficient (Wildman–Crippen LogP) is 4.93.